The Bertz CT molecular complexity index is 724. The van der Waals surface area contributed by atoms with E-state index < -0.39 is 0 Å². The van der Waals surface area contributed by atoms with E-state index >= 15 is 0 Å². The van der Waals surface area contributed by atoms with Crippen molar-refractivity contribution in [3.05, 3.63) is 69.7 Å². The standard InChI is InChI=1S/C17H13Cl2NO/c18-14-7-5-12(11-15(14)19)6-8-17(21)20-10-9-13-3-1-2-4-16(13)20/h1-8,11H,9-10H2/b8-6+. The third-order valence-corrected chi connectivity index (χ3v) is 4.25. The Hall–Kier alpha value is -1.77. The van der Waals surface area contributed by atoms with Crippen molar-refractivity contribution >= 4 is 40.9 Å². The van der Waals surface area contributed by atoms with E-state index in [4.69, 9.17) is 23.2 Å². The van der Waals surface area contributed by atoms with E-state index in [1.54, 1.807) is 29.2 Å². The Morgan fingerprint density at radius 1 is 1.10 bits per heavy atom. The third-order valence-electron chi connectivity index (χ3n) is 3.52. The van der Waals surface area contributed by atoms with Gasteiger partial charge in [-0.2, -0.15) is 0 Å². The zero-order valence-electron chi connectivity index (χ0n) is 11.2. The van der Waals surface area contributed by atoms with Gasteiger partial charge in [-0.3, -0.25) is 4.79 Å². The second-order valence-corrected chi connectivity index (χ2v) is 5.69. The fourth-order valence-corrected chi connectivity index (χ4v) is 2.75. The largest absolute Gasteiger partial charge is 0.308 e. The summed E-state index contributed by atoms with van der Waals surface area (Å²) < 4.78 is 0. The number of amides is 1. The Kier molecular flexibility index (Phi) is 4.00. The highest BCUT2D eigenvalue weighted by Crippen LogP contribution is 2.28. The first-order valence-corrected chi connectivity index (χ1v) is 7.43. The molecule has 1 aliphatic rings. The number of rotatable bonds is 2. The van der Waals surface area contributed by atoms with Gasteiger partial charge in [-0.15, -0.1) is 0 Å². The maximum Gasteiger partial charge on any atom is 0.251 e. The van der Waals surface area contributed by atoms with E-state index in [2.05, 4.69) is 6.07 Å². The molecule has 0 saturated heterocycles. The lowest BCUT2D eigenvalue weighted by molar-refractivity contribution is -0.114. The van der Waals surface area contributed by atoms with Gasteiger partial charge in [-0.05, 0) is 41.8 Å². The highest BCUT2D eigenvalue weighted by Gasteiger charge is 2.22. The highest BCUT2D eigenvalue weighted by molar-refractivity contribution is 6.42. The lowest BCUT2D eigenvalue weighted by Gasteiger charge is -2.14. The van der Waals surface area contributed by atoms with Crippen LogP contribution in [0, 0.1) is 0 Å². The number of nitrogens with zero attached hydrogens (tertiary/aromatic N) is 1. The minimum Gasteiger partial charge on any atom is -0.308 e. The predicted octanol–water partition coefficient (Wildman–Crippen LogP) is 4.60. The van der Waals surface area contributed by atoms with Gasteiger partial charge in [0.05, 0.1) is 10.0 Å². The van der Waals surface area contributed by atoms with Gasteiger partial charge in [0.2, 0.25) is 0 Å². The Labute approximate surface area is 133 Å². The minimum atomic E-state index is -0.0222. The maximum absolute atomic E-state index is 12.3. The molecule has 0 atom stereocenters. The van der Waals surface area contributed by atoms with Gasteiger partial charge in [0.25, 0.3) is 5.91 Å². The summed E-state index contributed by atoms with van der Waals surface area (Å²) in [5.74, 6) is -0.0222. The van der Waals surface area contributed by atoms with E-state index in [1.807, 2.05) is 24.3 Å². The zero-order chi connectivity index (χ0) is 14.8. The molecule has 106 valence electrons. The molecule has 0 unspecified atom stereocenters. The summed E-state index contributed by atoms with van der Waals surface area (Å²) in [5, 5.41) is 0.992. The molecule has 1 amide bonds. The van der Waals surface area contributed by atoms with Gasteiger partial charge in [0.15, 0.2) is 0 Å². The number of benzene rings is 2. The molecule has 0 saturated carbocycles. The fourth-order valence-electron chi connectivity index (χ4n) is 2.44. The minimum absolute atomic E-state index is 0.0222. The van der Waals surface area contributed by atoms with Gasteiger partial charge >= 0.3 is 0 Å². The van der Waals surface area contributed by atoms with Crippen LogP contribution in [0.25, 0.3) is 6.08 Å². The van der Waals surface area contributed by atoms with Crippen LogP contribution in [0.5, 0.6) is 0 Å². The van der Waals surface area contributed by atoms with Crippen molar-refractivity contribution < 1.29 is 4.79 Å². The molecule has 4 heteroatoms. The highest BCUT2D eigenvalue weighted by atomic mass is 35.5. The monoisotopic (exact) mass is 317 g/mol. The molecule has 0 aromatic heterocycles. The normalized spacial score (nSPS) is 13.7. The molecule has 0 bridgehead atoms. The molecule has 0 N–H and O–H groups in total. The second-order valence-electron chi connectivity index (χ2n) is 4.88. The number of para-hydroxylation sites is 1. The van der Waals surface area contributed by atoms with E-state index in [0.717, 1.165) is 24.2 Å². The maximum atomic E-state index is 12.3. The molecule has 21 heavy (non-hydrogen) atoms. The molecule has 2 aromatic carbocycles. The van der Waals surface area contributed by atoms with Crippen LogP contribution in [-0.4, -0.2) is 12.5 Å². The van der Waals surface area contributed by atoms with Crippen LogP contribution >= 0.6 is 23.2 Å². The SMILES string of the molecule is O=C(/C=C/c1ccc(Cl)c(Cl)c1)N1CCc2ccccc21. The molecular formula is C17H13Cl2NO. The molecule has 1 heterocycles. The summed E-state index contributed by atoms with van der Waals surface area (Å²) in [7, 11) is 0. The van der Waals surface area contributed by atoms with Crippen molar-refractivity contribution in [3.63, 3.8) is 0 Å². The molecule has 2 aromatic rings. The number of carbonyl (C=O) groups excluding carboxylic acids is 1. The molecule has 0 aliphatic carbocycles. The molecule has 1 aliphatic heterocycles. The van der Waals surface area contributed by atoms with Crippen LogP contribution in [0.15, 0.2) is 48.5 Å². The van der Waals surface area contributed by atoms with E-state index in [-0.39, 0.29) is 5.91 Å². The van der Waals surface area contributed by atoms with Crippen LogP contribution < -0.4 is 4.90 Å². The van der Waals surface area contributed by atoms with Gasteiger partial charge in [0.1, 0.15) is 0 Å². The quantitative estimate of drug-likeness (QED) is 0.741. The summed E-state index contributed by atoms with van der Waals surface area (Å²) in [6.45, 7) is 0.726. The Morgan fingerprint density at radius 3 is 2.71 bits per heavy atom. The first-order chi connectivity index (χ1) is 10.1. The average molecular weight is 318 g/mol. The molecule has 2 nitrogen and oxygen atoms in total. The van der Waals surface area contributed by atoms with Crippen molar-refractivity contribution in [2.24, 2.45) is 0 Å². The Balaban J connectivity index is 1.78. The number of fused-ring (bicyclic) bond motifs is 1. The summed E-state index contributed by atoms with van der Waals surface area (Å²) in [6.07, 6.45) is 4.23. The summed E-state index contributed by atoms with van der Waals surface area (Å²) >= 11 is 11.8. The molecule has 0 radical (unpaired) electrons. The fraction of sp³-hybridized carbons (Fsp3) is 0.118. The van der Waals surface area contributed by atoms with E-state index in [1.165, 1.54) is 5.56 Å². The zero-order valence-corrected chi connectivity index (χ0v) is 12.7. The number of hydrogen-bond acceptors (Lipinski definition) is 1. The summed E-state index contributed by atoms with van der Waals surface area (Å²) in [5.41, 5.74) is 3.07. The lowest BCUT2D eigenvalue weighted by Crippen LogP contribution is -2.26. The number of anilines is 1. The van der Waals surface area contributed by atoms with Crippen LogP contribution in [-0.2, 0) is 11.2 Å². The number of halogens is 2. The van der Waals surface area contributed by atoms with Gasteiger partial charge in [0, 0.05) is 18.3 Å². The van der Waals surface area contributed by atoms with Crippen molar-refractivity contribution in [2.45, 2.75) is 6.42 Å². The van der Waals surface area contributed by atoms with E-state index in [9.17, 15) is 4.79 Å². The van der Waals surface area contributed by atoms with Crippen molar-refractivity contribution in [1.82, 2.24) is 0 Å². The van der Waals surface area contributed by atoms with Crippen LogP contribution in [0.3, 0.4) is 0 Å². The molecule has 3 rings (SSSR count). The Morgan fingerprint density at radius 2 is 1.90 bits per heavy atom. The second kappa shape index (κ2) is 5.92. The summed E-state index contributed by atoms with van der Waals surface area (Å²) in [4.78, 5) is 14.1. The van der Waals surface area contributed by atoms with Gasteiger partial charge < -0.3 is 4.90 Å². The average Bonchev–Trinajstić information content (AvgIpc) is 2.92. The van der Waals surface area contributed by atoms with Crippen molar-refractivity contribution in [1.29, 1.82) is 0 Å². The summed E-state index contributed by atoms with van der Waals surface area (Å²) in [6, 6.07) is 13.3. The number of hydrogen-bond donors (Lipinski definition) is 0. The van der Waals surface area contributed by atoms with Gasteiger partial charge in [-0.1, -0.05) is 47.5 Å². The van der Waals surface area contributed by atoms with Crippen molar-refractivity contribution in [2.75, 3.05) is 11.4 Å². The lowest BCUT2D eigenvalue weighted by atomic mass is 10.2. The number of carbonyl (C=O) groups is 1. The third kappa shape index (κ3) is 2.97. The molecule has 0 fully saturated rings. The van der Waals surface area contributed by atoms with Gasteiger partial charge in [-0.25, -0.2) is 0 Å². The molecule has 0 spiro atoms. The first-order valence-electron chi connectivity index (χ1n) is 6.68. The predicted molar refractivity (Wildman–Crippen MR) is 88.0 cm³/mol. The topological polar surface area (TPSA) is 20.3 Å². The van der Waals surface area contributed by atoms with Crippen LogP contribution in [0.2, 0.25) is 10.0 Å². The van der Waals surface area contributed by atoms with E-state index in [0.29, 0.717) is 10.0 Å². The molecular weight excluding hydrogens is 305 g/mol. The van der Waals surface area contributed by atoms with Crippen molar-refractivity contribution in [3.8, 4) is 0 Å². The van der Waals surface area contributed by atoms with Crippen LogP contribution in [0.4, 0.5) is 5.69 Å². The first kappa shape index (κ1) is 14.2. The smallest absolute Gasteiger partial charge is 0.251 e. The van der Waals surface area contributed by atoms with Crippen LogP contribution in [0.1, 0.15) is 11.1 Å².